The molecule has 1 aliphatic heterocycles. The summed E-state index contributed by atoms with van der Waals surface area (Å²) in [6.07, 6.45) is 0. The second kappa shape index (κ2) is 3.01. The van der Waals surface area contributed by atoms with E-state index in [1.165, 1.54) is 6.07 Å². The van der Waals surface area contributed by atoms with Gasteiger partial charge in [-0.3, -0.25) is 9.59 Å². The van der Waals surface area contributed by atoms with Crippen molar-refractivity contribution in [2.45, 2.75) is 4.90 Å². The normalized spacial score (nSPS) is 14.9. The van der Waals surface area contributed by atoms with Crippen molar-refractivity contribution in [3.8, 4) is 0 Å². The maximum atomic E-state index is 11.3. The molecule has 5 heteroatoms. The molecule has 0 radical (unpaired) electrons. The van der Waals surface area contributed by atoms with E-state index in [1.807, 2.05) is 0 Å². The van der Waals surface area contributed by atoms with Crippen LogP contribution in [-0.4, -0.2) is 10.9 Å². The predicted molar refractivity (Wildman–Crippen MR) is 51.7 cm³/mol. The zero-order valence-electron chi connectivity index (χ0n) is 6.14. The number of hydrogen-bond acceptors (Lipinski definition) is 3. The lowest BCUT2D eigenvalue weighted by atomic mass is 10.1. The lowest BCUT2D eigenvalue weighted by Crippen LogP contribution is -2.02. The molecule has 0 bridgehead atoms. The molecule has 0 saturated carbocycles. The van der Waals surface area contributed by atoms with Crippen LogP contribution < -0.4 is 0 Å². The predicted octanol–water partition coefficient (Wildman–Crippen LogP) is 2.81. The highest BCUT2D eigenvalue weighted by Gasteiger charge is 2.33. The van der Waals surface area contributed by atoms with Crippen LogP contribution in [0.25, 0.3) is 0 Å². The quantitative estimate of drug-likeness (QED) is 0.646. The number of Topliss-reactive ketones (excluding diaryl/α,β-unsaturated/α-hetero) is 1. The molecule has 0 saturated heterocycles. The third-order valence-corrected chi connectivity index (χ3v) is 3.41. The summed E-state index contributed by atoms with van der Waals surface area (Å²) in [5, 5.41) is 0.149. The molecule has 1 aliphatic rings. The first-order chi connectivity index (χ1) is 6.11. The number of thioether (sulfide) groups is 1. The van der Waals surface area contributed by atoms with E-state index in [0.717, 1.165) is 11.8 Å². The van der Waals surface area contributed by atoms with Gasteiger partial charge >= 0.3 is 0 Å². The molecule has 0 unspecified atom stereocenters. The molecule has 0 aliphatic carbocycles. The third kappa shape index (κ3) is 1.27. The maximum absolute atomic E-state index is 11.3. The van der Waals surface area contributed by atoms with E-state index in [9.17, 15) is 9.59 Å². The highest BCUT2D eigenvalue weighted by molar-refractivity contribution is 8.16. The number of benzene rings is 1. The molecule has 0 spiro atoms. The van der Waals surface area contributed by atoms with E-state index in [4.69, 9.17) is 23.2 Å². The topological polar surface area (TPSA) is 34.1 Å². The molecule has 0 atom stereocenters. The molecule has 13 heavy (non-hydrogen) atoms. The van der Waals surface area contributed by atoms with Gasteiger partial charge in [-0.1, -0.05) is 23.2 Å². The van der Waals surface area contributed by atoms with E-state index in [0.29, 0.717) is 9.92 Å². The first kappa shape index (κ1) is 9.06. The minimum absolute atomic E-state index is 0.240. The first-order valence-electron chi connectivity index (χ1n) is 3.36. The molecule has 2 nitrogen and oxygen atoms in total. The standard InChI is InChI=1S/C8H2Cl2O2S/c9-3-1-2-4(10)7-5(3)6(11)8(12)13-7/h1-2H. The Balaban J connectivity index is 2.75. The molecule has 2 rings (SSSR count). The third-order valence-electron chi connectivity index (χ3n) is 1.67. The first-order valence-corrected chi connectivity index (χ1v) is 4.93. The van der Waals surface area contributed by atoms with Crippen molar-refractivity contribution in [1.82, 2.24) is 0 Å². The summed E-state index contributed by atoms with van der Waals surface area (Å²) in [6.45, 7) is 0. The van der Waals surface area contributed by atoms with Gasteiger partial charge < -0.3 is 0 Å². The van der Waals surface area contributed by atoms with Crippen molar-refractivity contribution in [2.24, 2.45) is 0 Å². The van der Waals surface area contributed by atoms with Crippen LogP contribution in [0, 0.1) is 0 Å². The minimum atomic E-state index is -0.562. The zero-order valence-corrected chi connectivity index (χ0v) is 8.46. The van der Waals surface area contributed by atoms with E-state index in [-0.39, 0.29) is 10.6 Å². The fourth-order valence-electron chi connectivity index (χ4n) is 1.09. The fraction of sp³-hybridized carbons (Fsp3) is 0. The van der Waals surface area contributed by atoms with Gasteiger partial charge in [0.15, 0.2) is 0 Å². The number of carbonyl (C=O) groups excluding carboxylic acids is 2. The van der Waals surface area contributed by atoms with Gasteiger partial charge in [0.2, 0.25) is 5.78 Å². The van der Waals surface area contributed by atoms with Crippen molar-refractivity contribution in [2.75, 3.05) is 0 Å². The molecule has 1 aromatic rings. The summed E-state index contributed by atoms with van der Waals surface area (Å²) >= 11 is 12.4. The number of fused-ring (bicyclic) bond motifs is 1. The van der Waals surface area contributed by atoms with Crippen molar-refractivity contribution < 1.29 is 9.59 Å². The molecule has 0 N–H and O–H groups in total. The summed E-state index contributed by atoms with van der Waals surface area (Å²) in [4.78, 5) is 22.8. The summed E-state index contributed by atoms with van der Waals surface area (Å²) in [5.74, 6) is -0.562. The Kier molecular flexibility index (Phi) is 2.10. The van der Waals surface area contributed by atoms with Crippen molar-refractivity contribution >= 4 is 45.9 Å². The summed E-state index contributed by atoms with van der Waals surface area (Å²) in [7, 11) is 0. The van der Waals surface area contributed by atoms with Gasteiger partial charge in [-0.15, -0.1) is 0 Å². The fourth-order valence-corrected chi connectivity index (χ4v) is 2.51. The average Bonchev–Trinajstić information content (AvgIpc) is 2.38. The molecule has 66 valence electrons. The Morgan fingerprint density at radius 2 is 1.69 bits per heavy atom. The van der Waals surface area contributed by atoms with Gasteiger partial charge in [-0.2, -0.15) is 0 Å². The monoisotopic (exact) mass is 232 g/mol. The maximum Gasteiger partial charge on any atom is 0.264 e. The highest BCUT2D eigenvalue weighted by atomic mass is 35.5. The van der Waals surface area contributed by atoms with Crippen LogP contribution in [-0.2, 0) is 4.79 Å². The molecular formula is C8H2Cl2O2S. The van der Waals surface area contributed by atoms with Crippen LogP contribution in [0.4, 0.5) is 0 Å². The van der Waals surface area contributed by atoms with Gasteiger partial charge in [-0.25, -0.2) is 0 Å². The second-order valence-corrected chi connectivity index (χ2v) is 4.25. The summed E-state index contributed by atoms with van der Waals surface area (Å²) in [5.41, 5.74) is 0.240. The molecule has 1 aromatic carbocycles. The number of halogens is 2. The average molecular weight is 233 g/mol. The Bertz CT molecular complexity index is 428. The molecule has 0 amide bonds. The van der Waals surface area contributed by atoms with Crippen LogP contribution in [0.2, 0.25) is 10.0 Å². The Morgan fingerprint density at radius 3 is 2.31 bits per heavy atom. The van der Waals surface area contributed by atoms with Crippen LogP contribution >= 0.6 is 35.0 Å². The van der Waals surface area contributed by atoms with E-state index >= 15 is 0 Å². The van der Waals surface area contributed by atoms with Gasteiger partial charge in [0.1, 0.15) is 0 Å². The van der Waals surface area contributed by atoms with Crippen LogP contribution in [0.3, 0.4) is 0 Å². The lowest BCUT2D eigenvalue weighted by Gasteiger charge is -1.99. The van der Waals surface area contributed by atoms with Crippen molar-refractivity contribution in [3.05, 3.63) is 27.7 Å². The Labute approximate surface area is 88.2 Å². The molecular weight excluding hydrogens is 231 g/mol. The Morgan fingerprint density at radius 1 is 1.08 bits per heavy atom. The van der Waals surface area contributed by atoms with Crippen LogP contribution in [0.1, 0.15) is 10.4 Å². The number of hydrogen-bond donors (Lipinski definition) is 0. The second-order valence-electron chi connectivity index (χ2n) is 2.45. The lowest BCUT2D eigenvalue weighted by molar-refractivity contribution is -0.107. The van der Waals surface area contributed by atoms with Crippen LogP contribution in [0.5, 0.6) is 0 Å². The molecule has 0 fully saturated rings. The van der Waals surface area contributed by atoms with Crippen molar-refractivity contribution in [1.29, 1.82) is 0 Å². The number of ketones is 1. The largest absolute Gasteiger partial charge is 0.284 e. The number of carbonyl (C=O) groups is 2. The van der Waals surface area contributed by atoms with Gasteiger partial charge in [-0.05, 0) is 23.9 Å². The smallest absolute Gasteiger partial charge is 0.264 e. The van der Waals surface area contributed by atoms with E-state index in [1.54, 1.807) is 6.07 Å². The molecule has 0 aromatic heterocycles. The Hall–Kier alpha value is -0.510. The van der Waals surface area contributed by atoms with Gasteiger partial charge in [0.05, 0.1) is 15.6 Å². The van der Waals surface area contributed by atoms with Gasteiger partial charge in [0.25, 0.3) is 5.12 Å². The van der Waals surface area contributed by atoms with Crippen LogP contribution in [0.15, 0.2) is 17.0 Å². The number of rotatable bonds is 0. The molecule has 1 heterocycles. The highest BCUT2D eigenvalue weighted by Crippen LogP contribution is 2.41. The van der Waals surface area contributed by atoms with Gasteiger partial charge in [0, 0.05) is 4.90 Å². The summed E-state index contributed by atoms with van der Waals surface area (Å²) < 4.78 is 0. The summed E-state index contributed by atoms with van der Waals surface area (Å²) in [6, 6.07) is 3.08. The van der Waals surface area contributed by atoms with E-state index < -0.39 is 10.9 Å². The van der Waals surface area contributed by atoms with E-state index in [2.05, 4.69) is 0 Å². The SMILES string of the molecule is O=C1Sc2c(Cl)ccc(Cl)c2C1=O. The van der Waals surface area contributed by atoms with Crippen molar-refractivity contribution in [3.63, 3.8) is 0 Å². The minimum Gasteiger partial charge on any atom is -0.284 e. The zero-order chi connectivity index (χ0) is 9.59.